The molecule has 0 spiro atoms. The minimum Gasteiger partial charge on any atom is -0.303 e. The Kier molecular flexibility index (Phi) is 11.2. The lowest BCUT2D eigenvalue weighted by molar-refractivity contribution is 0.373. The molecule has 5 nitrogen and oxygen atoms in total. The second-order valence-corrected chi connectivity index (χ2v) is 9.38. The Labute approximate surface area is 195 Å². The van der Waals surface area contributed by atoms with Gasteiger partial charge in [-0.15, -0.1) is 5.10 Å². The zero-order valence-electron chi connectivity index (χ0n) is 20.5. The monoisotopic (exact) mass is 490 g/mol. The molecule has 0 bridgehead atoms. The topological polar surface area (TPSA) is 63.0 Å². The molecular weight excluding hydrogens is 452 g/mol. The van der Waals surface area contributed by atoms with Gasteiger partial charge in [0.05, 0.1) is 5.69 Å². The normalized spacial score (nSPS) is 10.9. The van der Waals surface area contributed by atoms with Crippen LogP contribution in [0.2, 0.25) is 0 Å². The van der Waals surface area contributed by atoms with E-state index in [0.717, 1.165) is 34.4 Å². The molecule has 0 saturated carbocycles. The number of H-pyrrole nitrogens is 1. The number of aromatic nitrogens is 4. The number of aromatic amines is 1. The van der Waals surface area contributed by atoms with E-state index >= 15 is 0 Å². The maximum absolute atomic E-state index is 12.5. The van der Waals surface area contributed by atoms with Gasteiger partial charge < -0.3 is 4.98 Å². The molecule has 2 heterocycles. The summed E-state index contributed by atoms with van der Waals surface area (Å²) in [5.41, 5.74) is 2.64. The smallest absolute Gasteiger partial charge is 0.277 e. The average Bonchev–Trinajstić information content (AvgIpc) is 3.08. The number of imidazole rings is 1. The molecule has 0 aliphatic carbocycles. The molecule has 3 aromatic rings. The number of hydrogen-bond acceptors (Lipinski definition) is 3. The largest absolute Gasteiger partial charge is 0.303 e. The van der Waals surface area contributed by atoms with Gasteiger partial charge in [-0.2, -0.15) is 0 Å². The van der Waals surface area contributed by atoms with Crippen LogP contribution in [-0.2, 0) is 12.8 Å². The molecule has 6 heteroatoms. The summed E-state index contributed by atoms with van der Waals surface area (Å²) in [5.74, 6) is 1.40. The van der Waals surface area contributed by atoms with E-state index in [4.69, 9.17) is 0 Å². The highest BCUT2D eigenvalue weighted by molar-refractivity contribution is 9.10. The Balaban J connectivity index is 0.000000457. The SMILES string of the molecule is CC.CCCC(C)(C)C.CCCc1nc(CC)c2c(=O)[nH]c(-c3cccc(Br)c3)nn12. The Bertz CT molecular complexity index is 999. The summed E-state index contributed by atoms with van der Waals surface area (Å²) >= 11 is 3.44. The number of fused-ring (bicyclic) bond motifs is 1. The van der Waals surface area contributed by atoms with Crippen molar-refractivity contribution in [3.05, 3.63) is 50.6 Å². The summed E-state index contributed by atoms with van der Waals surface area (Å²) < 4.78 is 2.65. The van der Waals surface area contributed by atoms with Gasteiger partial charge in [0, 0.05) is 16.5 Å². The van der Waals surface area contributed by atoms with Gasteiger partial charge in [-0.3, -0.25) is 4.79 Å². The van der Waals surface area contributed by atoms with Crippen LogP contribution in [0.4, 0.5) is 0 Å². The zero-order valence-corrected chi connectivity index (χ0v) is 22.1. The molecule has 1 N–H and O–H groups in total. The number of rotatable bonds is 5. The summed E-state index contributed by atoms with van der Waals surface area (Å²) in [4.78, 5) is 19.9. The second-order valence-electron chi connectivity index (χ2n) is 8.46. The van der Waals surface area contributed by atoms with E-state index in [9.17, 15) is 4.79 Å². The summed E-state index contributed by atoms with van der Waals surface area (Å²) in [6.45, 7) is 17.1. The van der Waals surface area contributed by atoms with Crippen molar-refractivity contribution in [1.82, 2.24) is 19.6 Å². The van der Waals surface area contributed by atoms with E-state index in [1.807, 2.05) is 45.0 Å². The second kappa shape index (κ2) is 12.8. The third-order valence-electron chi connectivity index (χ3n) is 4.55. The molecule has 2 aromatic heterocycles. The molecule has 0 aliphatic heterocycles. The summed E-state index contributed by atoms with van der Waals surface area (Å²) in [5, 5.41) is 4.61. The predicted molar refractivity (Wildman–Crippen MR) is 136 cm³/mol. The molecule has 0 unspecified atom stereocenters. The maximum Gasteiger partial charge on any atom is 0.277 e. The molecule has 0 radical (unpaired) electrons. The Hall–Kier alpha value is -1.95. The van der Waals surface area contributed by atoms with Gasteiger partial charge in [0.15, 0.2) is 11.3 Å². The van der Waals surface area contributed by atoms with Crippen molar-refractivity contribution in [3.63, 3.8) is 0 Å². The fraction of sp³-hybridized carbons (Fsp3) is 0.560. The Morgan fingerprint density at radius 3 is 2.26 bits per heavy atom. The Morgan fingerprint density at radius 1 is 1.10 bits per heavy atom. The number of benzene rings is 1. The lowest BCUT2D eigenvalue weighted by Crippen LogP contribution is -2.15. The quantitative estimate of drug-likeness (QED) is 0.410. The molecule has 0 saturated heterocycles. The predicted octanol–water partition coefficient (Wildman–Crippen LogP) is 7.22. The first-order chi connectivity index (χ1) is 14.7. The van der Waals surface area contributed by atoms with Gasteiger partial charge in [-0.05, 0) is 36.8 Å². The van der Waals surface area contributed by atoms with Crippen molar-refractivity contribution in [1.29, 1.82) is 0 Å². The number of nitrogens with zero attached hydrogens (tertiary/aromatic N) is 3. The van der Waals surface area contributed by atoms with E-state index < -0.39 is 0 Å². The lowest BCUT2D eigenvalue weighted by atomic mass is 9.91. The molecule has 0 aliphatic rings. The first-order valence-electron chi connectivity index (χ1n) is 11.5. The molecule has 1 aromatic carbocycles. The van der Waals surface area contributed by atoms with Crippen LogP contribution >= 0.6 is 15.9 Å². The minimum absolute atomic E-state index is 0.142. The van der Waals surface area contributed by atoms with E-state index in [1.54, 1.807) is 4.52 Å². The van der Waals surface area contributed by atoms with Crippen LogP contribution in [0.5, 0.6) is 0 Å². The number of nitrogens with one attached hydrogen (secondary N) is 1. The van der Waals surface area contributed by atoms with Crippen molar-refractivity contribution in [3.8, 4) is 11.4 Å². The van der Waals surface area contributed by atoms with E-state index in [2.05, 4.69) is 65.6 Å². The molecule has 172 valence electrons. The highest BCUT2D eigenvalue weighted by Gasteiger charge is 2.15. The van der Waals surface area contributed by atoms with Crippen molar-refractivity contribution in [2.24, 2.45) is 5.41 Å². The van der Waals surface area contributed by atoms with Crippen LogP contribution in [0, 0.1) is 5.41 Å². The lowest BCUT2D eigenvalue weighted by Gasteiger charge is -2.15. The van der Waals surface area contributed by atoms with Crippen molar-refractivity contribution < 1.29 is 0 Å². The van der Waals surface area contributed by atoms with Gasteiger partial charge in [0.25, 0.3) is 5.56 Å². The summed E-state index contributed by atoms with van der Waals surface area (Å²) in [6.07, 6.45) is 5.13. The highest BCUT2D eigenvalue weighted by atomic mass is 79.9. The molecule has 31 heavy (non-hydrogen) atoms. The van der Waals surface area contributed by atoms with Gasteiger partial charge in [0.2, 0.25) is 0 Å². The van der Waals surface area contributed by atoms with E-state index in [0.29, 0.717) is 23.2 Å². The van der Waals surface area contributed by atoms with Crippen LogP contribution in [-0.4, -0.2) is 19.6 Å². The van der Waals surface area contributed by atoms with Crippen LogP contribution < -0.4 is 5.56 Å². The first kappa shape index (κ1) is 27.1. The average molecular weight is 492 g/mol. The van der Waals surface area contributed by atoms with Gasteiger partial charge in [0.1, 0.15) is 5.82 Å². The third-order valence-corrected chi connectivity index (χ3v) is 5.04. The van der Waals surface area contributed by atoms with E-state index in [-0.39, 0.29) is 5.56 Å². The van der Waals surface area contributed by atoms with Crippen LogP contribution in [0.15, 0.2) is 33.5 Å². The molecule has 0 atom stereocenters. The van der Waals surface area contributed by atoms with Crippen molar-refractivity contribution >= 4 is 21.4 Å². The van der Waals surface area contributed by atoms with Gasteiger partial charge in [-0.25, -0.2) is 9.50 Å². The first-order valence-corrected chi connectivity index (χ1v) is 12.3. The number of halogens is 1. The molecule has 0 fully saturated rings. The number of aryl methyl sites for hydroxylation is 2. The van der Waals surface area contributed by atoms with Crippen LogP contribution in [0.25, 0.3) is 16.9 Å². The molecule has 3 rings (SSSR count). The summed E-state index contributed by atoms with van der Waals surface area (Å²) in [6, 6.07) is 7.71. The zero-order chi connectivity index (χ0) is 23.6. The molecular formula is C25H39BrN4O. The van der Waals surface area contributed by atoms with Crippen molar-refractivity contribution in [2.75, 3.05) is 0 Å². The van der Waals surface area contributed by atoms with E-state index in [1.165, 1.54) is 12.8 Å². The number of hydrogen-bond donors (Lipinski definition) is 1. The standard InChI is InChI=1S/C16H17BrN4O.C7H16.C2H6/c1-3-6-13-18-12(4-2)14-16(22)19-15(20-21(13)14)10-7-5-8-11(17)9-10;1-5-6-7(2,3)4;1-2/h5,7-9H,3-4,6H2,1-2H3,(H,19,20,22);5-6H2,1-4H3;1-2H3. The minimum atomic E-state index is -0.142. The fourth-order valence-corrected chi connectivity index (χ4v) is 3.68. The summed E-state index contributed by atoms with van der Waals surface area (Å²) in [7, 11) is 0. The fourth-order valence-electron chi connectivity index (χ4n) is 3.28. The van der Waals surface area contributed by atoms with Crippen LogP contribution in [0.3, 0.4) is 0 Å². The van der Waals surface area contributed by atoms with Gasteiger partial charge >= 0.3 is 0 Å². The molecule has 0 amide bonds. The third kappa shape index (κ3) is 7.91. The van der Waals surface area contributed by atoms with Crippen molar-refractivity contribution in [2.45, 2.75) is 87.5 Å². The van der Waals surface area contributed by atoms with Crippen LogP contribution in [0.1, 0.15) is 86.2 Å². The Morgan fingerprint density at radius 2 is 1.77 bits per heavy atom. The highest BCUT2D eigenvalue weighted by Crippen LogP contribution is 2.20. The van der Waals surface area contributed by atoms with Gasteiger partial charge in [-0.1, -0.05) is 89.9 Å². The maximum atomic E-state index is 12.5.